The monoisotopic (exact) mass is 310 g/mol. The van der Waals surface area contributed by atoms with Gasteiger partial charge in [0.05, 0.1) is 6.20 Å². The van der Waals surface area contributed by atoms with Crippen LogP contribution in [0.4, 0.5) is 5.82 Å². The van der Waals surface area contributed by atoms with Gasteiger partial charge in [-0.05, 0) is 6.92 Å². The molecular formula is C16H18N6O. The Morgan fingerprint density at radius 3 is 2.48 bits per heavy atom. The Labute approximate surface area is 134 Å². The fourth-order valence-electron chi connectivity index (χ4n) is 3.63. The van der Waals surface area contributed by atoms with Crippen molar-refractivity contribution in [2.75, 3.05) is 31.1 Å². The van der Waals surface area contributed by atoms with Gasteiger partial charge in [-0.3, -0.25) is 9.78 Å². The second-order valence-corrected chi connectivity index (χ2v) is 6.26. The molecule has 2 aromatic rings. The fourth-order valence-corrected chi connectivity index (χ4v) is 3.63. The van der Waals surface area contributed by atoms with E-state index in [1.54, 1.807) is 18.7 Å². The van der Waals surface area contributed by atoms with E-state index in [-0.39, 0.29) is 5.91 Å². The second-order valence-electron chi connectivity index (χ2n) is 6.26. The molecule has 0 radical (unpaired) electrons. The highest BCUT2D eigenvalue weighted by Crippen LogP contribution is 2.34. The maximum Gasteiger partial charge on any atom is 0.274 e. The molecule has 7 nitrogen and oxygen atoms in total. The van der Waals surface area contributed by atoms with Gasteiger partial charge in [0, 0.05) is 62.2 Å². The van der Waals surface area contributed by atoms with Crippen LogP contribution < -0.4 is 4.90 Å². The average molecular weight is 310 g/mol. The van der Waals surface area contributed by atoms with E-state index in [2.05, 4.69) is 24.8 Å². The molecule has 4 heterocycles. The molecule has 2 unspecified atom stereocenters. The molecule has 2 saturated heterocycles. The van der Waals surface area contributed by atoms with Crippen molar-refractivity contribution in [3.8, 4) is 0 Å². The molecule has 23 heavy (non-hydrogen) atoms. The number of fused-ring (bicyclic) bond motifs is 1. The Hall–Kier alpha value is -2.57. The van der Waals surface area contributed by atoms with Crippen LogP contribution in [0.1, 0.15) is 16.1 Å². The summed E-state index contributed by atoms with van der Waals surface area (Å²) in [5.74, 6) is 1.98. The smallest absolute Gasteiger partial charge is 0.274 e. The third-order valence-corrected chi connectivity index (χ3v) is 4.72. The molecule has 0 aliphatic carbocycles. The molecule has 2 atom stereocenters. The van der Waals surface area contributed by atoms with Crippen LogP contribution in [0, 0.1) is 18.8 Å². The fraction of sp³-hybridized carbons (Fsp3) is 0.438. The summed E-state index contributed by atoms with van der Waals surface area (Å²) >= 11 is 0. The minimum Gasteiger partial charge on any atom is -0.356 e. The SMILES string of the molecule is Cc1cncnc1N1CC2CN(C(=O)c3cnccn3)CC2C1. The molecule has 118 valence electrons. The van der Waals surface area contributed by atoms with Crippen molar-refractivity contribution >= 4 is 11.7 Å². The number of rotatable bonds is 2. The highest BCUT2D eigenvalue weighted by atomic mass is 16.2. The van der Waals surface area contributed by atoms with Crippen molar-refractivity contribution in [2.45, 2.75) is 6.92 Å². The summed E-state index contributed by atoms with van der Waals surface area (Å²) in [5, 5.41) is 0. The summed E-state index contributed by atoms with van der Waals surface area (Å²) in [4.78, 5) is 33.2. The van der Waals surface area contributed by atoms with Crippen LogP contribution >= 0.6 is 0 Å². The highest BCUT2D eigenvalue weighted by Gasteiger charge is 2.42. The molecule has 0 saturated carbocycles. The summed E-state index contributed by atoms with van der Waals surface area (Å²) in [5.41, 5.74) is 1.52. The molecule has 2 aliphatic rings. The van der Waals surface area contributed by atoms with E-state index in [0.29, 0.717) is 17.5 Å². The molecule has 0 N–H and O–H groups in total. The summed E-state index contributed by atoms with van der Waals surface area (Å²) in [6, 6.07) is 0. The first-order valence-electron chi connectivity index (χ1n) is 7.79. The summed E-state index contributed by atoms with van der Waals surface area (Å²) in [6.07, 6.45) is 8.12. The van der Waals surface area contributed by atoms with Gasteiger partial charge >= 0.3 is 0 Å². The quantitative estimate of drug-likeness (QED) is 0.816. The molecule has 1 amide bonds. The molecule has 2 aromatic heterocycles. The number of aromatic nitrogens is 4. The number of carbonyl (C=O) groups is 1. The van der Waals surface area contributed by atoms with Crippen molar-refractivity contribution in [1.82, 2.24) is 24.8 Å². The van der Waals surface area contributed by atoms with Gasteiger partial charge in [0.1, 0.15) is 17.8 Å². The van der Waals surface area contributed by atoms with Crippen molar-refractivity contribution in [1.29, 1.82) is 0 Å². The summed E-state index contributed by atoms with van der Waals surface area (Å²) in [7, 11) is 0. The van der Waals surface area contributed by atoms with Gasteiger partial charge in [-0.2, -0.15) is 0 Å². The second kappa shape index (κ2) is 5.57. The lowest BCUT2D eigenvalue weighted by Gasteiger charge is -2.23. The molecule has 4 rings (SSSR count). The largest absolute Gasteiger partial charge is 0.356 e. The minimum atomic E-state index is -0.0164. The van der Waals surface area contributed by atoms with E-state index in [9.17, 15) is 4.79 Å². The zero-order chi connectivity index (χ0) is 15.8. The Morgan fingerprint density at radius 2 is 1.83 bits per heavy atom. The zero-order valence-electron chi connectivity index (χ0n) is 13.0. The number of likely N-dealkylation sites (tertiary alicyclic amines) is 1. The Kier molecular flexibility index (Phi) is 3.40. The van der Waals surface area contributed by atoms with E-state index in [4.69, 9.17) is 0 Å². The number of carbonyl (C=O) groups excluding carboxylic acids is 1. The van der Waals surface area contributed by atoms with Crippen LogP contribution in [0.2, 0.25) is 0 Å². The number of anilines is 1. The Balaban J connectivity index is 1.44. The third kappa shape index (κ3) is 2.52. The molecule has 0 bridgehead atoms. The topological polar surface area (TPSA) is 75.1 Å². The maximum atomic E-state index is 12.5. The van der Waals surface area contributed by atoms with Crippen LogP contribution in [0.3, 0.4) is 0 Å². The first kappa shape index (κ1) is 14.0. The number of nitrogens with zero attached hydrogens (tertiary/aromatic N) is 6. The molecule has 2 aliphatic heterocycles. The average Bonchev–Trinajstić information content (AvgIpc) is 3.14. The third-order valence-electron chi connectivity index (χ3n) is 4.72. The van der Waals surface area contributed by atoms with Crippen molar-refractivity contribution in [3.05, 3.63) is 42.4 Å². The van der Waals surface area contributed by atoms with Gasteiger partial charge in [0.15, 0.2) is 0 Å². The van der Waals surface area contributed by atoms with E-state index < -0.39 is 0 Å². The molecule has 0 spiro atoms. The van der Waals surface area contributed by atoms with Gasteiger partial charge in [-0.1, -0.05) is 0 Å². The number of hydrogen-bond donors (Lipinski definition) is 0. The molecule has 7 heteroatoms. The van der Waals surface area contributed by atoms with Gasteiger partial charge < -0.3 is 9.80 Å². The van der Waals surface area contributed by atoms with Crippen LogP contribution in [0.5, 0.6) is 0 Å². The van der Waals surface area contributed by atoms with Gasteiger partial charge in [0.25, 0.3) is 5.91 Å². The van der Waals surface area contributed by atoms with Gasteiger partial charge in [-0.15, -0.1) is 0 Å². The summed E-state index contributed by atoms with van der Waals surface area (Å²) < 4.78 is 0. The van der Waals surface area contributed by atoms with Crippen LogP contribution in [0.15, 0.2) is 31.1 Å². The van der Waals surface area contributed by atoms with Crippen LogP contribution in [-0.4, -0.2) is 56.9 Å². The normalized spacial score (nSPS) is 23.2. The predicted octanol–water partition coefficient (Wildman–Crippen LogP) is 0.783. The van der Waals surface area contributed by atoms with E-state index in [1.165, 1.54) is 6.20 Å². The lowest BCUT2D eigenvalue weighted by atomic mass is 10.0. The van der Waals surface area contributed by atoms with Crippen LogP contribution in [0.25, 0.3) is 0 Å². The Morgan fingerprint density at radius 1 is 1.04 bits per heavy atom. The lowest BCUT2D eigenvalue weighted by molar-refractivity contribution is 0.0776. The zero-order valence-corrected chi connectivity index (χ0v) is 13.0. The first-order chi connectivity index (χ1) is 11.2. The van der Waals surface area contributed by atoms with Gasteiger partial charge in [0.2, 0.25) is 0 Å². The standard InChI is InChI=1S/C16H18N6O/c1-11-4-18-10-20-15(11)21-6-12-8-22(9-13(12)7-21)16(23)14-5-17-2-3-19-14/h2-5,10,12-13H,6-9H2,1H3. The molecular weight excluding hydrogens is 292 g/mol. The first-order valence-corrected chi connectivity index (χ1v) is 7.79. The Bertz CT molecular complexity index is 708. The lowest BCUT2D eigenvalue weighted by Crippen LogP contribution is -2.34. The molecule has 2 fully saturated rings. The minimum absolute atomic E-state index is 0.0164. The van der Waals surface area contributed by atoms with Crippen molar-refractivity contribution in [2.24, 2.45) is 11.8 Å². The number of hydrogen-bond acceptors (Lipinski definition) is 6. The highest BCUT2D eigenvalue weighted by molar-refractivity contribution is 5.92. The van der Waals surface area contributed by atoms with Crippen LogP contribution in [-0.2, 0) is 0 Å². The predicted molar refractivity (Wildman–Crippen MR) is 83.9 cm³/mol. The maximum absolute atomic E-state index is 12.5. The van der Waals surface area contributed by atoms with Gasteiger partial charge in [-0.25, -0.2) is 15.0 Å². The number of aryl methyl sites for hydroxylation is 1. The number of amides is 1. The van der Waals surface area contributed by atoms with E-state index in [1.807, 2.05) is 18.0 Å². The van der Waals surface area contributed by atoms with E-state index >= 15 is 0 Å². The summed E-state index contributed by atoms with van der Waals surface area (Å²) in [6.45, 7) is 5.47. The van der Waals surface area contributed by atoms with E-state index in [0.717, 1.165) is 37.6 Å². The van der Waals surface area contributed by atoms with Crippen molar-refractivity contribution in [3.63, 3.8) is 0 Å². The van der Waals surface area contributed by atoms with Crippen molar-refractivity contribution < 1.29 is 4.79 Å². The molecule has 0 aromatic carbocycles.